The third kappa shape index (κ3) is 7.10. The quantitative estimate of drug-likeness (QED) is 0.461. The molecule has 0 aromatic carbocycles. The molecule has 2 heteroatoms. The van der Waals surface area contributed by atoms with Crippen molar-refractivity contribution in [3.8, 4) is 0 Å². The molecule has 0 atom stereocenters. The summed E-state index contributed by atoms with van der Waals surface area (Å²) in [4.78, 5) is 10.9. The molecule has 0 aromatic rings. The van der Waals surface area contributed by atoms with E-state index >= 15 is 0 Å². The van der Waals surface area contributed by atoms with E-state index in [0.717, 1.165) is 6.42 Å². The average molecular weight is 156 g/mol. The Morgan fingerprint density at radius 1 is 1.55 bits per heavy atom. The van der Waals surface area contributed by atoms with Crippen molar-refractivity contribution in [1.82, 2.24) is 0 Å². The van der Waals surface area contributed by atoms with Gasteiger partial charge in [-0.05, 0) is 27.2 Å². The minimum absolute atomic E-state index is 0.00751. The molecule has 0 saturated heterocycles. The van der Waals surface area contributed by atoms with Gasteiger partial charge in [0.2, 0.25) is 0 Å². The highest BCUT2D eigenvalue weighted by atomic mass is 16.5. The van der Waals surface area contributed by atoms with Crippen molar-refractivity contribution in [1.29, 1.82) is 0 Å². The number of ether oxygens (including phenoxy) is 1. The van der Waals surface area contributed by atoms with Crippen molar-refractivity contribution in [3.05, 3.63) is 12.2 Å². The molecule has 0 rings (SSSR count). The number of carbonyl (C=O) groups is 1. The smallest absolute Gasteiger partial charge is 0.306 e. The standard InChI is InChI=1S/C9H16O2/c1-4-5-6-7-9(10)11-8(2)3/h4-5,8H,6-7H2,1-3H3. The lowest BCUT2D eigenvalue weighted by molar-refractivity contribution is -0.147. The molecule has 2 nitrogen and oxygen atoms in total. The van der Waals surface area contributed by atoms with Gasteiger partial charge in [-0.25, -0.2) is 0 Å². The maximum Gasteiger partial charge on any atom is 0.306 e. The molecule has 11 heavy (non-hydrogen) atoms. The van der Waals surface area contributed by atoms with Gasteiger partial charge in [-0.2, -0.15) is 0 Å². The first kappa shape index (κ1) is 10.2. The van der Waals surface area contributed by atoms with Gasteiger partial charge in [0.25, 0.3) is 0 Å². The molecule has 0 bridgehead atoms. The molecule has 0 N–H and O–H groups in total. The monoisotopic (exact) mass is 156 g/mol. The summed E-state index contributed by atoms with van der Waals surface area (Å²) in [5.41, 5.74) is 0. The van der Waals surface area contributed by atoms with E-state index in [2.05, 4.69) is 0 Å². The van der Waals surface area contributed by atoms with Crippen LogP contribution in [0.1, 0.15) is 33.6 Å². The van der Waals surface area contributed by atoms with Crippen LogP contribution < -0.4 is 0 Å². The molecule has 0 heterocycles. The molecular formula is C9H16O2. The summed E-state index contributed by atoms with van der Waals surface area (Å²) in [6.45, 7) is 5.65. The van der Waals surface area contributed by atoms with E-state index in [-0.39, 0.29) is 12.1 Å². The summed E-state index contributed by atoms with van der Waals surface area (Å²) >= 11 is 0. The van der Waals surface area contributed by atoms with Crippen molar-refractivity contribution < 1.29 is 9.53 Å². The van der Waals surface area contributed by atoms with Gasteiger partial charge in [-0.1, -0.05) is 12.2 Å². The highest BCUT2D eigenvalue weighted by Gasteiger charge is 2.02. The predicted octanol–water partition coefficient (Wildman–Crippen LogP) is 2.29. The highest BCUT2D eigenvalue weighted by molar-refractivity contribution is 5.69. The maximum absolute atomic E-state index is 10.9. The molecule has 0 aliphatic carbocycles. The van der Waals surface area contributed by atoms with Crippen molar-refractivity contribution >= 4 is 5.97 Å². The van der Waals surface area contributed by atoms with Crippen LogP contribution in [0.2, 0.25) is 0 Å². The SMILES string of the molecule is CC=CCCC(=O)OC(C)C. The Morgan fingerprint density at radius 3 is 2.64 bits per heavy atom. The Balaban J connectivity index is 3.37. The Hall–Kier alpha value is -0.790. The lowest BCUT2D eigenvalue weighted by Gasteiger charge is -2.05. The van der Waals surface area contributed by atoms with E-state index in [1.807, 2.05) is 32.9 Å². The molecule has 0 aromatic heterocycles. The third-order valence-electron chi connectivity index (χ3n) is 1.12. The molecule has 64 valence electrons. The van der Waals surface area contributed by atoms with Gasteiger partial charge in [0.05, 0.1) is 6.10 Å². The minimum atomic E-state index is -0.113. The van der Waals surface area contributed by atoms with Crippen molar-refractivity contribution in [3.63, 3.8) is 0 Å². The van der Waals surface area contributed by atoms with Gasteiger partial charge in [0.1, 0.15) is 0 Å². The van der Waals surface area contributed by atoms with E-state index in [1.54, 1.807) is 0 Å². The van der Waals surface area contributed by atoms with Gasteiger partial charge in [-0.3, -0.25) is 4.79 Å². The minimum Gasteiger partial charge on any atom is -0.463 e. The van der Waals surface area contributed by atoms with Crippen LogP contribution in [0.3, 0.4) is 0 Å². The van der Waals surface area contributed by atoms with Gasteiger partial charge in [0, 0.05) is 6.42 Å². The van der Waals surface area contributed by atoms with Crippen molar-refractivity contribution in [2.75, 3.05) is 0 Å². The third-order valence-corrected chi connectivity index (χ3v) is 1.12. The van der Waals surface area contributed by atoms with E-state index in [0.29, 0.717) is 6.42 Å². The van der Waals surface area contributed by atoms with E-state index in [4.69, 9.17) is 4.74 Å². The summed E-state index contributed by atoms with van der Waals surface area (Å²) in [7, 11) is 0. The zero-order valence-corrected chi connectivity index (χ0v) is 7.46. The number of carbonyl (C=O) groups excluding carboxylic acids is 1. The van der Waals surface area contributed by atoms with Gasteiger partial charge in [-0.15, -0.1) is 0 Å². The van der Waals surface area contributed by atoms with Crippen LogP contribution in [0.4, 0.5) is 0 Å². The summed E-state index contributed by atoms with van der Waals surface area (Å²) in [6, 6.07) is 0. The number of hydrogen-bond acceptors (Lipinski definition) is 2. The lowest BCUT2D eigenvalue weighted by Crippen LogP contribution is -2.10. The number of hydrogen-bond donors (Lipinski definition) is 0. The topological polar surface area (TPSA) is 26.3 Å². The average Bonchev–Trinajstić information content (AvgIpc) is 1.86. The molecular weight excluding hydrogens is 140 g/mol. The van der Waals surface area contributed by atoms with Gasteiger partial charge in [0.15, 0.2) is 0 Å². The molecule has 0 unspecified atom stereocenters. The highest BCUT2D eigenvalue weighted by Crippen LogP contribution is 1.97. The number of allylic oxidation sites excluding steroid dienone is 2. The Bertz CT molecular complexity index is 136. The first-order chi connectivity index (χ1) is 5.16. The number of esters is 1. The van der Waals surface area contributed by atoms with E-state index in [1.165, 1.54) is 0 Å². The second-order valence-corrected chi connectivity index (χ2v) is 2.65. The Morgan fingerprint density at radius 2 is 2.18 bits per heavy atom. The van der Waals surface area contributed by atoms with E-state index < -0.39 is 0 Å². The van der Waals surface area contributed by atoms with Crippen molar-refractivity contribution in [2.45, 2.75) is 39.7 Å². The largest absolute Gasteiger partial charge is 0.463 e. The van der Waals surface area contributed by atoms with Crippen LogP contribution in [-0.2, 0) is 9.53 Å². The second-order valence-electron chi connectivity index (χ2n) is 2.65. The predicted molar refractivity (Wildman–Crippen MR) is 45.3 cm³/mol. The first-order valence-corrected chi connectivity index (χ1v) is 3.97. The fraction of sp³-hybridized carbons (Fsp3) is 0.667. The summed E-state index contributed by atoms with van der Waals surface area (Å²) in [5.74, 6) is -0.113. The zero-order chi connectivity index (χ0) is 8.69. The van der Waals surface area contributed by atoms with Gasteiger partial charge >= 0.3 is 5.97 Å². The zero-order valence-electron chi connectivity index (χ0n) is 7.46. The van der Waals surface area contributed by atoms with E-state index in [9.17, 15) is 4.79 Å². The molecule has 0 spiro atoms. The normalized spacial score (nSPS) is 10.9. The number of rotatable bonds is 4. The van der Waals surface area contributed by atoms with Gasteiger partial charge < -0.3 is 4.74 Å². The lowest BCUT2D eigenvalue weighted by atomic mass is 10.3. The summed E-state index contributed by atoms with van der Waals surface area (Å²) < 4.78 is 4.92. The second kappa shape index (κ2) is 5.96. The molecule has 0 saturated carbocycles. The van der Waals surface area contributed by atoms with Crippen LogP contribution >= 0.6 is 0 Å². The molecule has 0 aliphatic heterocycles. The maximum atomic E-state index is 10.9. The molecule has 0 aliphatic rings. The van der Waals surface area contributed by atoms with Crippen LogP contribution in [0.25, 0.3) is 0 Å². The summed E-state index contributed by atoms with van der Waals surface area (Å²) in [6.07, 6.45) is 5.17. The fourth-order valence-electron chi connectivity index (χ4n) is 0.690. The van der Waals surface area contributed by atoms with Crippen LogP contribution in [0.5, 0.6) is 0 Å². The molecule has 0 fully saturated rings. The molecule has 0 radical (unpaired) electrons. The Labute approximate surface area is 68.2 Å². The summed E-state index contributed by atoms with van der Waals surface area (Å²) in [5, 5.41) is 0. The fourth-order valence-corrected chi connectivity index (χ4v) is 0.690. The van der Waals surface area contributed by atoms with Crippen molar-refractivity contribution in [2.24, 2.45) is 0 Å². The Kier molecular flexibility index (Phi) is 5.53. The molecule has 0 amide bonds. The van der Waals surface area contributed by atoms with Crippen LogP contribution in [0.15, 0.2) is 12.2 Å². The van der Waals surface area contributed by atoms with Crippen LogP contribution in [0, 0.1) is 0 Å². The van der Waals surface area contributed by atoms with Crippen LogP contribution in [-0.4, -0.2) is 12.1 Å². The first-order valence-electron chi connectivity index (χ1n) is 3.97.